The Hall–Kier alpha value is -1.63. The predicted molar refractivity (Wildman–Crippen MR) is 61.3 cm³/mol. The van der Waals surface area contributed by atoms with E-state index in [0.717, 1.165) is 12.1 Å². The number of alkyl halides is 3. The summed E-state index contributed by atoms with van der Waals surface area (Å²) in [6, 6.07) is 4.60. The van der Waals surface area contributed by atoms with Crippen LogP contribution in [0.1, 0.15) is 5.56 Å². The molecule has 94 valence electrons. The van der Waals surface area contributed by atoms with Gasteiger partial charge in [0, 0.05) is 0 Å². The summed E-state index contributed by atoms with van der Waals surface area (Å²) in [4.78, 5) is 7.61. The molecule has 0 bridgehead atoms. The highest BCUT2D eigenvalue weighted by molar-refractivity contribution is 9.10. The normalized spacial score (nSPS) is 11.3. The zero-order valence-electron chi connectivity index (χ0n) is 8.78. The molecular weight excluding hydrogens is 313 g/mol. The van der Waals surface area contributed by atoms with Crippen LogP contribution in [0, 0.1) is 0 Å². The van der Waals surface area contributed by atoms with Gasteiger partial charge in [0.05, 0.1) is 18.0 Å². The third kappa shape index (κ3) is 3.19. The van der Waals surface area contributed by atoms with Crippen molar-refractivity contribution < 1.29 is 17.9 Å². The fraction of sp³-hybridized carbons (Fsp3) is 0.0909. The van der Waals surface area contributed by atoms with Gasteiger partial charge in [-0.1, -0.05) is 6.07 Å². The second-order valence-electron chi connectivity index (χ2n) is 3.32. The van der Waals surface area contributed by atoms with Crippen LogP contribution in [0.5, 0.6) is 11.5 Å². The first kappa shape index (κ1) is 12.8. The van der Waals surface area contributed by atoms with Gasteiger partial charge in [-0.3, -0.25) is 0 Å². The second kappa shape index (κ2) is 4.93. The van der Waals surface area contributed by atoms with Crippen LogP contribution in [0.15, 0.2) is 41.4 Å². The summed E-state index contributed by atoms with van der Waals surface area (Å²) in [5, 5.41) is 0. The maximum absolute atomic E-state index is 12.5. The lowest BCUT2D eigenvalue weighted by atomic mass is 10.2. The zero-order valence-corrected chi connectivity index (χ0v) is 10.4. The van der Waals surface area contributed by atoms with Crippen molar-refractivity contribution in [3.8, 4) is 11.5 Å². The molecule has 1 aromatic heterocycles. The van der Waals surface area contributed by atoms with Crippen molar-refractivity contribution in [2.45, 2.75) is 6.18 Å². The fourth-order valence-electron chi connectivity index (χ4n) is 1.23. The predicted octanol–water partition coefficient (Wildman–Crippen LogP) is 4.05. The average molecular weight is 319 g/mol. The Balaban J connectivity index is 2.22. The highest BCUT2D eigenvalue weighted by Gasteiger charge is 2.30. The van der Waals surface area contributed by atoms with Gasteiger partial charge < -0.3 is 4.74 Å². The van der Waals surface area contributed by atoms with Crippen LogP contribution in [0.2, 0.25) is 0 Å². The first-order valence-corrected chi connectivity index (χ1v) is 5.57. The molecule has 0 unspecified atom stereocenters. The van der Waals surface area contributed by atoms with Crippen molar-refractivity contribution in [2.24, 2.45) is 0 Å². The Morgan fingerprint density at radius 1 is 1.06 bits per heavy atom. The van der Waals surface area contributed by atoms with Crippen LogP contribution in [0.4, 0.5) is 13.2 Å². The van der Waals surface area contributed by atoms with Crippen molar-refractivity contribution in [1.82, 2.24) is 9.97 Å². The van der Waals surface area contributed by atoms with Crippen LogP contribution in [-0.4, -0.2) is 9.97 Å². The van der Waals surface area contributed by atoms with Crippen molar-refractivity contribution >= 4 is 15.9 Å². The molecule has 0 aliphatic rings. The molecule has 0 aliphatic carbocycles. The molecule has 3 nitrogen and oxygen atoms in total. The first-order valence-electron chi connectivity index (χ1n) is 4.78. The molecule has 0 radical (unpaired) electrons. The number of ether oxygens (including phenoxy) is 1. The van der Waals surface area contributed by atoms with Gasteiger partial charge in [-0.2, -0.15) is 13.2 Å². The van der Waals surface area contributed by atoms with E-state index in [0.29, 0.717) is 4.73 Å². The summed E-state index contributed by atoms with van der Waals surface area (Å²) < 4.78 is 43.0. The molecule has 2 aromatic rings. The molecule has 0 atom stereocenters. The van der Waals surface area contributed by atoms with Crippen LogP contribution >= 0.6 is 15.9 Å². The third-order valence-electron chi connectivity index (χ3n) is 1.99. The maximum Gasteiger partial charge on any atom is 0.416 e. The Kier molecular flexibility index (Phi) is 3.51. The summed E-state index contributed by atoms with van der Waals surface area (Å²) >= 11 is 3.04. The van der Waals surface area contributed by atoms with E-state index in [1.807, 2.05) is 0 Å². The number of aromatic nitrogens is 2. The van der Waals surface area contributed by atoms with Crippen molar-refractivity contribution in [3.63, 3.8) is 0 Å². The first-order chi connectivity index (χ1) is 8.45. The molecule has 1 aromatic carbocycles. The number of hydrogen-bond donors (Lipinski definition) is 0. The molecule has 0 spiro atoms. The Bertz CT molecular complexity index is 543. The summed E-state index contributed by atoms with van der Waals surface area (Å²) in [6.07, 6.45) is -1.68. The highest BCUT2D eigenvalue weighted by atomic mass is 79.9. The lowest BCUT2D eigenvalue weighted by Gasteiger charge is -2.09. The molecule has 1 heterocycles. The van der Waals surface area contributed by atoms with E-state index in [1.54, 1.807) is 0 Å². The van der Waals surface area contributed by atoms with Crippen molar-refractivity contribution in [3.05, 3.63) is 47.0 Å². The molecule has 0 fully saturated rings. The van der Waals surface area contributed by atoms with E-state index >= 15 is 0 Å². The molecule has 7 heteroatoms. The van der Waals surface area contributed by atoms with E-state index in [1.165, 1.54) is 24.5 Å². The highest BCUT2D eigenvalue weighted by Crippen LogP contribution is 2.32. The minimum Gasteiger partial charge on any atom is -0.454 e. The molecule has 0 aliphatic heterocycles. The minimum absolute atomic E-state index is 0.0794. The van der Waals surface area contributed by atoms with E-state index in [4.69, 9.17) is 4.74 Å². The van der Waals surface area contributed by atoms with Crippen LogP contribution in [-0.2, 0) is 6.18 Å². The number of hydrogen-bond acceptors (Lipinski definition) is 3. The van der Waals surface area contributed by atoms with Crippen molar-refractivity contribution in [2.75, 3.05) is 0 Å². The summed E-state index contributed by atoms with van der Waals surface area (Å²) in [6.45, 7) is 0. The molecule has 2 rings (SSSR count). The lowest BCUT2D eigenvalue weighted by molar-refractivity contribution is -0.137. The Morgan fingerprint density at radius 2 is 1.72 bits per heavy atom. The van der Waals surface area contributed by atoms with Gasteiger partial charge in [-0.25, -0.2) is 9.97 Å². The zero-order chi connectivity index (χ0) is 13.2. The van der Waals surface area contributed by atoms with Gasteiger partial charge in [-0.15, -0.1) is 0 Å². The van der Waals surface area contributed by atoms with Crippen LogP contribution in [0.25, 0.3) is 0 Å². The van der Waals surface area contributed by atoms with Crippen molar-refractivity contribution in [1.29, 1.82) is 0 Å². The minimum atomic E-state index is -4.39. The van der Waals surface area contributed by atoms with Gasteiger partial charge in [-0.05, 0) is 34.1 Å². The van der Waals surface area contributed by atoms with Gasteiger partial charge in [0.1, 0.15) is 5.75 Å². The monoisotopic (exact) mass is 318 g/mol. The van der Waals surface area contributed by atoms with Crippen LogP contribution in [0.3, 0.4) is 0 Å². The molecular formula is C11H6BrF3N2O. The number of benzene rings is 1. The second-order valence-corrected chi connectivity index (χ2v) is 4.02. The third-order valence-corrected chi connectivity index (χ3v) is 2.40. The van der Waals surface area contributed by atoms with Gasteiger partial charge in [0.25, 0.3) is 0 Å². The van der Waals surface area contributed by atoms with Gasteiger partial charge >= 0.3 is 6.18 Å². The quantitative estimate of drug-likeness (QED) is 0.783. The number of nitrogens with zero attached hydrogens (tertiary/aromatic N) is 2. The fourth-order valence-corrected chi connectivity index (χ4v) is 1.43. The molecule has 18 heavy (non-hydrogen) atoms. The molecule has 0 saturated carbocycles. The van der Waals surface area contributed by atoms with E-state index in [2.05, 4.69) is 25.9 Å². The SMILES string of the molecule is FC(F)(F)c1cccc(Oc2cnc(Br)nc2)c1. The average Bonchev–Trinajstić information content (AvgIpc) is 2.31. The van der Waals surface area contributed by atoms with Crippen LogP contribution < -0.4 is 4.74 Å². The molecule has 0 amide bonds. The summed E-state index contributed by atoms with van der Waals surface area (Å²) in [7, 11) is 0. The number of halogens is 4. The Morgan fingerprint density at radius 3 is 2.33 bits per heavy atom. The summed E-state index contributed by atoms with van der Waals surface area (Å²) in [5.41, 5.74) is -0.766. The number of rotatable bonds is 2. The Labute approximate surface area is 109 Å². The molecule has 0 saturated heterocycles. The van der Waals surface area contributed by atoms with E-state index in [9.17, 15) is 13.2 Å². The van der Waals surface area contributed by atoms with E-state index < -0.39 is 11.7 Å². The lowest BCUT2D eigenvalue weighted by Crippen LogP contribution is -2.04. The van der Waals surface area contributed by atoms with E-state index in [-0.39, 0.29) is 11.5 Å². The summed E-state index contributed by atoms with van der Waals surface area (Å²) in [5.74, 6) is 0.341. The standard InChI is InChI=1S/C11H6BrF3N2O/c12-10-16-5-9(6-17-10)18-8-3-1-2-7(4-8)11(13,14)15/h1-6H. The smallest absolute Gasteiger partial charge is 0.416 e. The van der Waals surface area contributed by atoms with Gasteiger partial charge in [0.2, 0.25) is 0 Å². The largest absolute Gasteiger partial charge is 0.454 e. The molecule has 0 N–H and O–H groups in total. The topological polar surface area (TPSA) is 35.0 Å². The van der Waals surface area contributed by atoms with Gasteiger partial charge in [0.15, 0.2) is 10.5 Å². The maximum atomic E-state index is 12.5.